The van der Waals surface area contributed by atoms with Gasteiger partial charge in [0.25, 0.3) is 0 Å². The molecule has 2 aliphatic heterocycles. The number of rotatable bonds is 9. The van der Waals surface area contributed by atoms with Gasteiger partial charge < -0.3 is 29.4 Å². The van der Waals surface area contributed by atoms with E-state index in [1.165, 1.54) is 0 Å². The van der Waals surface area contributed by atoms with Crippen LogP contribution in [0.1, 0.15) is 125 Å². The van der Waals surface area contributed by atoms with E-state index in [2.05, 4.69) is 17.2 Å². The molecule has 0 radical (unpaired) electrons. The number of aliphatic hydroxyl groups is 1. The van der Waals surface area contributed by atoms with Crippen molar-refractivity contribution in [3.05, 3.63) is 21.7 Å². The molecule has 0 amide bonds. The van der Waals surface area contributed by atoms with Crippen molar-refractivity contribution < 1.29 is 38.4 Å². The molecule has 2 saturated heterocycles. The van der Waals surface area contributed by atoms with Crippen LogP contribution in [0.5, 0.6) is 0 Å². The maximum absolute atomic E-state index is 14.1. The van der Waals surface area contributed by atoms with Gasteiger partial charge in [0, 0.05) is 30.4 Å². The zero-order valence-corrected chi connectivity index (χ0v) is 32.4. The van der Waals surface area contributed by atoms with Crippen molar-refractivity contribution in [2.24, 2.45) is 17.3 Å². The monoisotopic (exact) mass is 704 g/mol. The summed E-state index contributed by atoms with van der Waals surface area (Å²) in [5, 5.41) is 17.8. The fraction of sp³-hybridized carbons (Fsp3) is 0.789. The average molecular weight is 705 g/mol. The van der Waals surface area contributed by atoms with Crippen LogP contribution in [0.25, 0.3) is 6.08 Å². The van der Waals surface area contributed by atoms with E-state index in [1.807, 2.05) is 66.8 Å². The highest BCUT2D eigenvalue weighted by Gasteiger charge is 2.64. The molecule has 2 N–H and O–H groups in total. The topological polar surface area (TPSA) is 137 Å². The number of epoxide rings is 1. The number of ether oxygens (including phenoxy) is 4. The minimum absolute atomic E-state index is 0.0359. The van der Waals surface area contributed by atoms with Crippen LogP contribution in [-0.2, 0) is 33.3 Å². The Morgan fingerprint density at radius 2 is 1.90 bits per heavy atom. The summed E-state index contributed by atoms with van der Waals surface area (Å²) in [6.07, 6.45) is 3.15. The number of carbonyl (C=O) groups excluding carboxylic acids is 3. The molecule has 1 aliphatic carbocycles. The highest BCUT2D eigenvalue weighted by Crippen LogP contribution is 2.54. The van der Waals surface area contributed by atoms with E-state index in [1.54, 1.807) is 25.2 Å². The van der Waals surface area contributed by atoms with Gasteiger partial charge >= 0.3 is 11.9 Å². The van der Waals surface area contributed by atoms with Gasteiger partial charge in [-0.05, 0) is 99.1 Å². The standard InChI is InChI=1S/C38H60N2O8S/c1-23(17-27-21-49-26(4)40-27)28-18-30-37(11,47-30)14-12-13-24(2)38(22-36(10,33(44)25(38)3)29(41)19-31(42)46-28)48-32(43)20-39-35(8,9)15-16-45-34(5,6)7/h17,21,24-25,28-30,39,41H,12-16,18-20,22H2,1-11H3/b23-17+/t24-,25-,28-,29-,30-,36-,37+,38+/m0/s1. The van der Waals surface area contributed by atoms with E-state index >= 15 is 0 Å². The Kier molecular flexibility index (Phi) is 12.0. The van der Waals surface area contributed by atoms with Gasteiger partial charge in [0.2, 0.25) is 0 Å². The molecule has 2 bridgehead atoms. The number of carbonyl (C=O) groups is 3. The van der Waals surface area contributed by atoms with Gasteiger partial charge in [0.05, 0.1) is 58.4 Å². The number of nitrogens with one attached hydrogen (secondary N) is 1. The third-order valence-electron chi connectivity index (χ3n) is 11.1. The van der Waals surface area contributed by atoms with Crippen molar-refractivity contribution >= 4 is 35.1 Å². The fourth-order valence-corrected chi connectivity index (χ4v) is 8.16. The van der Waals surface area contributed by atoms with Crippen molar-refractivity contribution in [1.82, 2.24) is 10.3 Å². The Balaban J connectivity index is 1.55. The molecular weight excluding hydrogens is 644 g/mol. The van der Waals surface area contributed by atoms with Crippen LogP contribution >= 0.6 is 11.3 Å². The summed E-state index contributed by atoms with van der Waals surface area (Å²) in [5.74, 6) is -2.12. The van der Waals surface area contributed by atoms with Gasteiger partial charge in [-0.25, -0.2) is 4.98 Å². The number of aromatic nitrogens is 1. The van der Waals surface area contributed by atoms with E-state index in [-0.39, 0.29) is 48.4 Å². The maximum atomic E-state index is 14.1. The molecule has 276 valence electrons. The summed E-state index contributed by atoms with van der Waals surface area (Å²) in [7, 11) is 0. The lowest BCUT2D eigenvalue weighted by molar-refractivity contribution is -0.173. The van der Waals surface area contributed by atoms with E-state index in [0.29, 0.717) is 25.9 Å². The summed E-state index contributed by atoms with van der Waals surface area (Å²) >= 11 is 1.55. The van der Waals surface area contributed by atoms with Crippen LogP contribution in [0.15, 0.2) is 11.0 Å². The number of esters is 2. The summed E-state index contributed by atoms with van der Waals surface area (Å²) < 4.78 is 24.5. The molecule has 8 atom stereocenters. The first-order valence-electron chi connectivity index (χ1n) is 17.9. The largest absolute Gasteiger partial charge is 0.458 e. The Labute approximate surface area is 297 Å². The number of nitrogens with zero attached hydrogens (tertiary/aromatic N) is 1. The van der Waals surface area contributed by atoms with Crippen molar-refractivity contribution in [1.29, 1.82) is 0 Å². The predicted octanol–water partition coefficient (Wildman–Crippen LogP) is 6.36. The third-order valence-corrected chi connectivity index (χ3v) is 11.9. The molecule has 4 rings (SSSR count). The molecular formula is C38H60N2O8S. The minimum atomic E-state index is -1.32. The number of cyclic esters (lactones) is 1. The van der Waals surface area contributed by atoms with Crippen LogP contribution in [0.4, 0.5) is 0 Å². The molecule has 3 fully saturated rings. The zero-order valence-electron chi connectivity index (χ0n) is 31.6. The van der Waals surface area contributed by atoms with Crippen molar-refractivity contribution in [2.45, 2.75) is 162 Å². The average Bonchev–Trinajstić information content (AvgIpc) is 3.33. The maximum Gasteiger partial charge on any atom is 0.320 e. The molecule has 11 heteroatoms. The molecule has 3 aliphatic rings. The lowest BCUT2D eigenvalue weighted by Gasteiger charge is -2.40. The number of hydrogen-bond acceptors (Lipinski definition) is 11. The van der Waals surface area contributed by atoms with Gasteiger partial charge in [-0.2, -0.15) is 0 Å². The molecule has 0 spiro atoms. The summed E-state index contributed by atoms with van der Waals surface area (Å²) in [5.41, 5.74) is -1.82. The Morgan fingerprint density at radius 3 is 2.53 bits per heavy atom. The van der Waals surface area contributed by atoms with E-state index < -0.39 is 46.6 Å². The second-order valence-electron chi connectivity index (χ2n) is 16.9. The predicted molar refractivity (Wildman–Crippen MR) is 190 cm³/mol. The zero-order chi connectivity index (χ0) is 36.6. The molecule has 49 heavy (non-hydrogen) atoms. The van der Waals surface area contributed by atoms with Crippen LogP contribution in [0.3, 0.4) is 0 Å². The fourth-order valence-electron chi connectivity index (χ4n) is 7.59. The number of aliphatic hydroxyl groups excluding tert-OH is 1. The third kappa shape index (κ3) is 9.58. The number of aryl methyl sites for hydroxylation is 1. The number of thiazole rings is 1. The van der Waals surface area contributed by atoms with Crippen LogP contribution in [0, 0.1) is 24.2 Å². The minimum Gasteiger partial charge on any atom is -0.458 e. The van der Waals surface area contributed by atoms with Crippen LogP contribution in [0.2, 0.25) is 0 Å². The molecule has 1 aromatic heterocycles. The van der Waals surface area contributed by atoms with E-state index in [9.17, 15) is 19.5 Å². The second-order valence-corrected chi connectivity index (χ2v) is 17.9. The molecule has 1 aromatic rings. The van der Waals surface area contributed by atoms with E-state index in [0.717, 1.165) is 29.1 Å². The molecule has 0 unspecified atom stereocenters. The quantitative estimate of drug-likeness (QED) is 0.221. The van der Waals surface area contributed by atoms with Gasteiger partial charge in [-0.3, -0.25) is 14.4 Å². The van der Waals surface area contributed by atoms with E-state index in [4.69, 9.17) is 18.9 Å². The summed E-state index contributed by atoms with van der Waals surface area (Å²) in [4.78, 5) is 45.7. The first-order valence-corrected chi connectivity index (χ1v) is 18.8. The number of fused-ring (bicyclic) bond motifs is 3. The Bertz CT molecular complexity index is 1400. The highest BCUT2D eigenvalue weighted by atomic mass is 32.1. The lowest BCUT2D eigenvalue weighted by Crippen LogP contribution is -2.49. The van der Waals surface area contributed by atoms with Crippen LogP contribution in [-0.4, -0.2) is 81.6 Å². The highest BCUT2D eigenvalue weighted by molar-refractivity contribution is 7.09. The first kappa shape index (κ1) is 39.6. The number of Topliss-reactive ketones (excluding diaryl/α,β-unsaturated/α-hetero) is 1. The number of ketones is 1. The number of hydrogen-bond donors (Lipinski definition) is 2. The van der Waals surface area contributed by atoms with Crippen molar-refractivity contribution in [2.75, 3.05) is 13.2 Å². The lowest BCUT2D eigenvalue weighted by atomic mass is 9.75. The second kappa shape index (κ2) is 14.8. The molecule has 0 aromatic carbocycles. The Morgan fingerprint density at radius 1 is 1.20 bits per heavy atom. The summed E-state index contributed by atoms with van der Waals surface area (Å²) in [6, 6.07) is 0. The van der Waals surface area contributed by atoms with Gasteiger partial charge in [-0.15, -0.1) is 11.3 Å². The molecule has 1 saturated carbocycles. The first-order chi connectivity index (χ1) is 22.6. The van der Waals surface area contributed by atoms with Crippen molar-refractivity contribution in [3.63, 3.8) is 0 Å². The van der Waals surface area contributed by atoms with Gasteiger partial charge in [0.15, 0.2) is 0 Å². The smallest absolute Gasteiger partial charge is 0.320 e. The normalized spacial score (nSPS) is 34.9. The summed E-state index contributed by atoms with van der Waals surface area (Å²) in [6.45, 7) is 22.0. The van der Waals surface area contributed by atoms with Crippen molar-refractivity contribution in [3.8, 4) is 0 Å². The SMILES string of the molecule is C/C(=C\c1csc(C)n1)[C@@H]1C[C@@H]2O[C@]2(C)CCC[C@H](C)[C@]2(OC(=O)CNC(C)(C)CCOC(C)(C)C)C[C@](C)(C(=O)[C@@H]2C)[C@@H](O)CC(=O)O1. The Hall–Kier alpha value is -2.18. The van der Waals surface area contributed by atoms with Crippen LogP contribution < -0.4 is 5.32 Å². The molecule has 10 nitrogen and oxygen atoms in total. The molecule has 3 heterocycles. The van der Waals surface area contributed by atoms with Gasteiger partial charge in [-0.1, -0.05) is 20.3 Å². The van der Waals surface area contributed by atoms with Gasteiger partial charge in [0.1, 0.15) is 17.5 Å².